The van der Waals surface area contributed by atoms with Gasteiger partial charge in [-0.3, -0.25) is 9.59 Å². The van der Waals surface area contributed by atoms with Crippen molar-refractivity contribution in [2.75, 3.05) is 21.3 Å². The molecule has 0 radical (unpaired) electrons. The maximum absolute atomic E-state index is 12.4. The highest BCUT2D eigenvalue weighted by atomic mass is 16.5. The fraction of sp³-hybridized carbons (Fsp3) is 0.583. The number of hydrogen-bond donors (Lipinski definition) is 2. The van der Waals surface area contributed by atoms with E-state index in [1.165, 1.54) is 6.92 Å². The Kier molecular flexibility index (Phi) is 8.72. The maximum Gasteiger partial charge on any atom is 0.227 e. The number of aryl methyl sites for hydroxylation is 1. The first-order valence-electron chi connectivity index (χ1n) is 11.6. The van der Waals surface area contributed by atoms with Crippen molar-refractivity contribution in [1.29, 1.82) is 0 Å². The van der Waals surface area contributed by atoms with E-state index in [1.54, 1.807) is 33.5 Å². The molecule has 0 unspecified atom stereocenters. The van der Waals surface area contributed by atoms with Crippen LogP contribution in [0.15, 0.2) is 16.7 Å². The number of amides is 2. The minimum Gasteiger partial charge on any atom is -0.493 e. The zero-order chi connectivity index (χ0) is 24.6. The molecule has 10 nitrogen and oxygen atoms in total. The van der Waals surface area contributed by atoms with Gasteiger partial charge in [0, 0.05) is 26.3 Å². The molecule has 2 amide bonds. The summed E-state index contributed by atoms with van der Waals surface area (Å²) in [5.41, 5.74) is 0.215. The molecule has 1 aliphatic carbocycles. The van der Waals surface area contributed by atoms with E-state index in [9.17, 15) is 9.59 Å². The lowest BCUT2D eigenvalue weighted by Crippen LogP contribution is -2.45. The molecule has 1 aromatic carbocycles. The Labute approximate surface area is 199 Å². The van der Waals surface area contributed by atoms with Crippen LogP contribution in [-0.2, 0) is 28.1 Å². The van der Waals surface area contributed by atoms with Gasteiger partial charge in [0.25, 0.3) is 0 Å². The Morgan fingerprint density at radius 1 is 1.03 bits per heavy atom. The number of carbonyl (C=O) groups is 2. The van der Waals surface area contributed by atoms with Crippen LogP contribution in [0.1, 0.15) is 69.1 Å². The highest BCUT2D eigenvalue weighted by Gasteiger charge is 2.38. The number of ether oxygens (including phenoxy) is 3. The largest absolute Gasteiger partial charge is 0.493 e. The molecule has 2 N–H and O–H groups in total. The van der Waals surface area contributed by atoms with Gasteiger partial charge in [0.15, 0.2) is 17.3 Å². The summed E-state index contributed by atoms with van der Waals surface area (Å²) in [5.74, 6) is 2.16. The van der Waals surface area contributed by atoms with E-state index in [1.807, 2.05) is 0 Å². The third-order valence-electron chi connectivity index (χ3n) is 6.05. The molecule has 3 rings (SSSR count). The fourth-order valence-electron chi connectivity index (χ4n) is 4.37. The van der Waals surface area contributed by atoms with Crippen LogP contribution in [0.25, 0.3) is 0 Å². The molecule has 186 valence electrons. The van der Waals surface area contributed by atoms with Gasteiger partial charge in [0.2, 0.25) is 23.5 Å². The number of aromatic nitrogens is 2. The number of rotatable bonds is 10. The molecule has 0 aliphatic heterocycles. The summed E-state index contributed by atoms with van der Waals surface area (Å²) in [7, 11) is 4.63. The standard InChI is InChI=1S/C24H34N4O6/c1-16(29)27-24(11-7-5-6-8-12-24)23-26-21(34-28-23)10-9-20(30)25-15-17-13-18(31-2)22(33-4)19(14-17)32-3/h13-14H,5-12,15H2,1-4H3,(H,25,30)(H,27,29). The van der Waals surface area contributed by atoms with Crippen molar-refractivity contribution in [3.05, 3.63) is 29.4 Å². The Morgan fingerprint density at radius 2 is 1.68 bits per heavy atom. The van der Waals surface area contributed by atoms with E-state index in [2.05, 4.69) is 20.8 Å². The molecule has 10 heteroatoms. The van der Waals surface area contributed by atoms with E-state index in [0.29, 0.717) is 41.9 Å². The Hall–Kier alpha value is -3.30. The zero-order valence-corrected chi connectivity index (χ0v) is 20.4. The average Bonchev–Trinajstić information content (AvgIpc) is 3.20. The summed E-state index contributed by atoms with van der Waals surface area (Å²) in [4.78, 5) is 28.8. The molecule has 0 bridgehead atoms. The second-order valence-electron chi connectivity index (χ2n) is 8.50. The maximum atomic E-state index is 12.4. The van der Waals surface area contributed by atoms with Crippen LogP contribution in [0.3, 0.4) is 0 Å². The lowest BCUT2D eigenvalue weighted by Gasteiger charge is -2.30. The van der Waals surface area contributed by atoms with Crippen LogP contribution < -0.4 is 24.8 Å². The highest BCUT2D eigenvalue weighted by Crippen LogP contribution is 2.38. The predicted molar refractivity (Wildman–Crippen MR) is 124 cm³/mol. The minimum atomic E-state index is -0.598. The minimum absolute atomic E-state index is 0.112. The second kappa shape index (κ2) is 11.7. The number of methoxy groups -OCH3 is 3. The van der Waals surface area contributed by atoms with E-state index >= 15 is 0 Å². The van der Waals surface area contributed by atoms with Gasteiger partial charge in [-0.15, -0.1) is 0 Å². The van der Waals surface area contributed by atoms with Gasteiger partial charge < -0.3 is 29.4 Å². The second-order valence-corrected chi connectivity index (χ2v) is 8.50. The number of hydrogen-bond acceptors (Lipinski definition) is 8. The van der Waals surface area contributed by atoms with Gasteiger partial charge in [0.05, 0.1) is 21.3 Å². The monoisotopic (exact) mass is 474 g/mol. The molecule has 0 spiro atoms. The summed E-state index contributed by atoms with van der Waals surface area (Å²) >= 11 is 0. The summed E-state index contributed by atoms with van der Waals surface area (Å²) in [5, 5.41) is 10.1. The van der Waals surface area contributed by atoms with Crippen LogP contribution in [0.4, 0.5) is 0 Å². The van der Waals surface area contributed by atoms with Crippen LogP contribution in [0.5, 0.6) is 17.2 Å². The third-order valence-corrected chi connectivity index (χ3v) is 6.05. The number of nitrogens with zero attached hydrogens (tertiary/aromatic N) is 2. The van der Waals surface area contributed by atoms with E-state index in [0.717, 1.165) is 44.1 Å². The van der Waals surface area contributed by atoms with E-state index in [-0.39, 0.29) is 18.2 Å². The van der Waals surface area contributed by atoms with Crippen molar-refractivity contribution in [2.24, 2.45) is 0 Å². The molecule has 1 heterocycles. The molecule has 1 aromatic heterocycles. The molecule has 1 aliphatic rings. The van der Waals surface area contributed by atoms with E-state index in [4.69, 9.17) is 18.7 Å². The number of carbonyl (C=O) groups excluding carboxylic acids is 2. The zero-order valence-electron chi connectivity index (χ0n) is 20.4. The molecule has 2 aromatic rings. The van der Waals surface area contributed by atoms with Crippen LogP contribution in [-0.4, -0.2) is 43.3 Å². The van der Waals surface area contributed by atoms with E-state index < -0.39 is 5.54 Å². The van der Waals surface area contributed by atoms with Crippen LogP contribution in [0.2, 0.25) is 0 Å². The van der Waals surface area contributed by atoms with Gasteiger partial charge >= 0.3 is 0 Å². The van der Waals surface area contributed by atoms with Crippen molar-refractivity contribution in [3.63, 3.8) is 0 Å². The molecule has 1 fully saturated rings. The van der Waals surface area contributed by atoms with Crippen LogP contribution in [0, 0.1) is 0 Å². The molecule has 34 heavy (non-hydrogen) atoms. The summed E-state index contributed by atoms with van der Waals surface area (Å²) in [6, 6.07) is 3.58. The first kappa shape index (κ1) is 25.3. The molecule has 1 saturated carbocycles. The molecule has 0 saturated heterocycles. The van der Waals surface area contributed by atoms with Crippen LogP contribution >= 0.6 is 0 Å². The lowest BCUT2D eigenvalue weighted by molar-refractivity contribution is -0.122. The molecular weight excluding hydrogens is 440 g/mol. The Morgan fingerprint density at radius 3 is 2.24 bits per heavy atom. The number of benzene rings is 1. The van der Waals surface area contributed by atoms with Crippen molar-refractivity contribution >= 4 is 11.8 Å². The van der Waals surface area contributed by atoms with Gasteiger partial charge in [0.1, 0.15) is 5.54 Å². The van der Waals surface area contributed by atoms with Crippen molar-refractivity contribution in [1.82, 2.24) is 20.8 Å². The average molecular weight is 475 g/mol. The van der Waals surface area contributed by atoms with Gasteiger partial charge in [-0.2, -0.15) is 4.98 Å². The quantitative estimate of drug-likeness (QED) is 0.504. The van der Waals surface area contributed by atoms with Crippen molar-refractivity contribution < 1.29 is 28.3 Å². The first-order chi connectivity index (χ1) is 16.4. The van der Waals surface area contributed by atoms with Crippen molar-refractivity contribution in [3.8, 4) is 17.2 Å². The fourth-order valence-corrected chi connectivity index (χ4v) is 4.37. The third kappa shape index (κ3) is 6.18. The predicted octanol–water partition coefficient (Wildman–Crippen LogP) is 3.03. The smallest absolute Gasteiger partial charge is 0.227 e. The summed E-state index contributed by atoms with van der Waals surface area (Å²) < 4.78 is 21.5. The van der Waals surface area contributed by atoms with Gasteiger partial charge in [-0.25, -0.2) is 0 Å². The Bertz CT molecular complexity index is 957. The highest BCUT2D eigenvalue weighted by molar-refractivity contribution is 5.76. The first-order valence-corrected chi connectivity index (χ1v) is 11.6. The molecular formula is C24H34N4O6. The topological polar surface area (TPSA) is 125 Å². The lowest BCUT2D eigenvalue weighted by atomic mass is 9.89. The van der Waals surface area contributed by atoms with Crippen molar-refractivity contribution in [2.45, 2.75) is 70.4 Å². The Balaban J connectivity index is 1.59. The summed E-state index contributed by atoms with van der Waals surface area (Å²) in [6.45, 7) is 1.81. The SMILES string of the molecule is COc1cc(CNC(=O)CCc2nc(C3(NC(C)=O)CCCCCC3)no2)cc(OC)c1OC. The van der Waals surface area contributed by atoms with Gasteiger partial charge in [-0.05, 0) is 30.5 Å². The molecule has 0 atom stereocenters. The normalized spacial score (nSPS) is 15.2. The summed E-state index contributed by atoms with van der Waals surface area (Å²) in [6.07, 6.45) is 6.29. The number of nitrogens with one attached hydrogen (secondary N) is 2. The van der Waals surface area contributed by atoms with Gasteiger partial charge in [-0.1, -0.05) is 30.8 Å².